The van der Waals surface area contributed by atoms with E-state index in [2.05, 4.69) is 10.2 Å². The first-order chi connectivity index (χ1) is 5.96. The Hall–Kier alpha value is -1.02. The van der Waals surface area contributed by atoms with Crippen LogP contribution in [0.2, 0.25) is 0 Å². The van der Waals surface area contributed by atoms with Crippen LogP contribution in [0.3, 0.4) is 0 Å². The highest BCUT2D eigenvalue weighted by atomic mass is 32.3. The Balaban J connectivity index is 3.14. The number of halogens is 1. The van der Waals surface area contributed by atoms with Gasteiger partial charge in [0, 0.05) is 14.2 Å². The standard InChI is InChI=1S/C5H8FN3O3S/c1-9-4(3-12-2)7-8-5(9)13(6,10)11/h3H2,1-2H3. The lowest BCUT2D eigenvalue weighted by atomic mass is 10.6. The summed E-state index contributed by atoms with van der Waals surface area (Å²) in [7, 11) is -2.03. The zero-order valence-corrected chi connectivity index (χ0v) is 7.88. The first-order valence-corrected chi connectivity index (χ1v) is 4.67. The molecule has 8 heteroatoms. The summed E-state index contributed by atoms with van der Waals surface area (Å²) >= 11 is 0. The van der Waals surface area contributed by atoms with Gasteiger partial charge in [-0.3, -0.25) is 0 Å². The molecule has 0 unspecified atom stereocenters. The number of hydrogen-bond donors (Lipinski definition) is 0. The molecule has 0 saturated carbocycles. The number of ether oxygens (including phenoxy) is 1. The topological polar surface area (TPSA) is 74.1 Å². The maximum atomic E-state index is 12.4. The van der Waals surface area contributed by atoms with Crippen molar-refractivity contribution in [3.8, 4) is 0 Å². The van der Waals surface area contributed by atoms with Crippen LogP contribution in [0.1, 0.15) is 5.82 Å². The molecule has 0 radical (unpaired) electrons. The molecule has 0 aliphatic rings. The van der Waals surface area contributed by atoms with Crippen LogP contribution in [0.15, 0.2) is 5.16 Å². The second-order valence-corrected chi connectivity index (χ2v) is 3.57. The fraction of sp³-hybridized carbons (Fsp3) is 0.600. The van der Waals surface area contributed by atoms with Crippen LogP contribution >= 0.6 is 0 Å². The highest BCUT2D eigenvalue weighted by Crippen LogP contribution is 2.09. The molecule has 1 aromatic rings. The van der Waals surface area contributed by atoms with Gasteiger partial charge in [-0.15, -0.1) is 10.2 Å². The van der Waals surface area contributed by atoms with Gasteiger partial charge in [0.1, 0.15) is 6.61 Å². The first-order valence-electron chi connectivity index (χ1n) is 3.28. The van der Waals surface area contributed by atoms with Crippen molar-refractivity contribution in [2.75, 3.05) is 7.11 Å². The maximum absolute atomic E-state index is 12.4. The van der Waals surface area contributed by atoms with Gasteiger partial charge in [-0.1, -0.05) is 3.89 Å². The molecule has 0 atom stereocenters. The van der Waals surface area contributed by atoms with E-state index in [0.717, 1.165) is 4.57 Å². The highest BCUT2D eigenvalue weighted by molar-refractivity contribution is 7.86. The van der Waals surface area contributed by atoms with Crippen LogP contribution in [-0.4, -0.2) is 30.3 Å². The molecule has 0 aliphatic carbocycles. The van der Waals surface area contributed by atoms with Crippen LogP contribution in [-0.2, 0) is 28.6 Å². The molecule has 0 saturated heterocycles. The van der Waals surface area contributed by atoms with Gasteiger partial charge in [0.2, 0.25) is 0 Å². The molecule has 0 bridgehead atoms. The second-order valence-electron chi connectivity index (χ2n) is 2.33. The molecule has 6 nitrogen and oxygen atoms in total. The minimum absolute atomic E-state index is 0.0824. The Morgan fingerprint density at radius 2 is 2.15 bits per heavy atom. The average molecular weight is 209 g/mol. The fourth-order valence-electron chi connectivity index (χ4n) is 0.812. The predicted octanol–water partition coefficient (Wildman–Crippen LogP) is -0.380. The summed E-state index contributed by atoms with van der Waals surface area (Å²) in [4.78, 5) is 0. The van der Waals surface area contributed by atoms with Crippen molar-refractivity contribution >= 4 is 10.2 Å². The Morgan fingerprint density at radius 3 is 2.54 bits per heavy atom. The van der Waals surface area contributed by atoms with Gasteiger partial charge < -0.3 is 9.30 Å². The minimum atomic E-state index is -4.80. The number of aromatic nitrogens is 3. The molecule has 0 amide bonds. The van der Waals surface area contributed by atoms with Crippen molar-refractivity contribution in [1.29, 1.82) is 0 Å². The van der Waals surface area contributed by atoms with Crippen LogP contribution in [0.4, 0.5) is 3.89 Å². The number of nitrogens with zero attached hydrogens (tertiary/aromatic N) is 3. The SMILES string of the molecule is COCc1nnc(S(=O)(=O)F)n1C. The van der Waals surface area contributed by atoms with E-state index in [0.29, 0.717) is 0 Å². The summed E-state index contributed by atoms with van der Waals surface area (Å²) in [5.74, 6) is 0.249. The van der Waals surface area contributed by atoms with E-state index in [9.17, 15) is 12.3 Å². The van der Waals surface area contributed by atoms with E-state index < -0.39 is 15.4 Å². The summed E-state index contributed by atoms with van der Waals surface area (Å²) in [6.07, 6.45) is 0. The van der Waals surface area contributed by atoms with Gasteiger partial charge in [-0.2, -0.15) is 8.42 Å². The predicted molar refractivity (Wildman–Crippen MR) is 40.0 cm³/mol. The smallest absolute Gasteiger partial charge is 0.368 e. The van der Waals surface area contributed by atoms with E-state index in [1.165, 1.54) is 14.2 Å². The lowest BCUT2D eigenvalue weighted by Crippen LogP contribution is -2.05. The van der Waals surface area contributed by atoms with Gasteiger partial charge >= 0.3 is 10.2 Å². The zero-order valence-electron chi connectivity index (χ0n) is 7.06. The van der Waals surface area contributed by atoms with E-state index in [-0.39, 0.29) is 12.4 Å². The van der Waals surface area contributed by atoms with Gasteiger partial charge in [-0.05, 0) is 0 Å². The molecule has 1 aromatic heterocycles. The number of hydrogen-bond acceptors (Lipinski definition) is 5. The Labute approximate surface area is 74.6 Å². The van der Waals surface area contributed by atoms with Crippen molar-refractivity contribution in [2.24, 2.45) is 7.05 Å². The first kappa shape index (κ1) is 10.1. The third-order valence-corrected chi connectivity index (χ3v) is 2.21. The van der Waals surface area contributed by atoms with Crippen LogP contribution in [0.25, 0.3) is 0 Å². The van der Waals surface area contributed by atoms with Crippen molar-refractivity contribution in [3.05, 3.63) is 5.82 Å². The fourth-order valence-corrected chi connectivity index (χ4v) is 1.38. The van der Waals surface area contributed by atoms with E-state index in [4.69, 9.17) is 4.74 Å². The molecule has 1 heterocycles. The average Bonchev–Trinajstić information content (AvgIpc) is 2.32. The summed E-state index contributed by atoms with van der Waals surface area (Å²) in [6.45, 7) is 0.0824. The second kappa shape index (κ2) is 3.38. The molecule has 0 fully saturated rings. The molecule has 74 valence electrons. The number of rotatable bonds is 3. The van der Waals surface area contributed by atoms with Gasteiger partial charge in [0.15, 0.2) is 5.82 Å². The third kappa shape index (κ3) is 2.01. The zero-order chi connectivity index (χ0) is 10.1. The normalized spacial score (nSPS) is 11.9. The Kier molecular flexibility index (Phi) is 2.62. The van der Waals surface area contributed by atoms with E-state index in [1.54, 1.807) is 0 Å². The summed E-state index contributed by atoms with van der Waals surface area (Å²) in [5, 5.41) is 5.91. The van der Waals surface area contributed by atoms with Crippen molar-refractivity contribution < 1.29 is 17.0 Å². The minimum Gasteiger partial charge on any atom is -0.377 e. The largest absolute Gasteiger partial charge is 0.377 e. The third-order valence-electron chi connectivity index (χ3n) is 1.42. The van der Waals surface area contributed by atoms with Crippen molar-refractivity contribution in [1.82, 2.24) is 14.8 Å². The maximum Gasteiger partial charge on any atom is 0.368 e. The lowest BCUT2D eigenvalue weighted by molar-refractivity contribution is 0.174. The Morgan fingerprint density at radius 1 is 1.54 bits per heavy atom. The summed E-state index contributed by atoms with van der Waals surface area (Å²) in [5.41, 5.74) is 0. The molecule has 13 heavy (non-hydrogen) atoms. The van der Waals surface area contributed by atoms with Gasteiger partial charge in [0.25, 0.3) is 5.16 Å². The van der Waals surface area contributed by atoms with Crippen molar-refractivity contribution in [2.45, 2.75) is 11.8 Å². The van der Waals surface area contributed by atoms with Gasteiger partial charge in [-0.25, -0.2) is 0 Å². The van der Waals surface area contributed by atoms with Gasteiger partial charge in [0.05, 0.1) is 0 Å². The van der Waals surface area contributed by atoms with E-state index in [1.807, 2.05) is 0 Å². The molecule has 0 aromatic carbocycles. The lowest BCUT2D eigenvalue weighted by Gasteiger charge is -1.98. The Bertz CT molecular complexity index is 399. The molecule has 1 rings (SSSR count). The van der Waals surface area contributed by atoms with Crippen LogP contribution < -0.4 is 0 Å². The highest BCUT2D eigenvalue weighted by Gasteiger charge is 2.21. The molecule has 0 N–H and O–H groups in total. The molecule has 0 spiro atoms. The molecular formula is C5H8FN3O3S. The quantitative estimate of drug-likeness (QED) is 0.634. The summed E-state index contributed by atoms with van der Waals surface area (Å²) in [6, 6.07) is 0. The monoisotopic (exact) mass is 209 g/mol. The summed E-state index contributed by atoms with van der Waals surface area (Å²) < 4.78 is 39.0. The van der Waals surface area contributed by atoms with E-state index >= 15 is 0 Å². The van der Waals surface area contributed by atoms with Crippen LogP contribution in [0.5, 0.6) is 0 Å². The molecular weight excluding hydrogens is 201 g/mol. The molecule has 0 aliphatic heterocycles. The number of methoxy groups -OCH3 is 1. The van der Waals surface area contributed by atoms with Crippen molar-refractivity contribution in [3.63, 3.8) is 0 Å². The van der Waals surface area contributed by atoms with Crippen LogP contribution in [0, 0.1) is 0 Å².